The molecule has 0 aliphatic heterocycles. The van der Waals surface area contributed by atoms with Crippen molar-refractivity contribution in [2.75, 3.05) is 13.1 Å². The Balaban J connectivity index is 1.68. The van der Waals surface area contributed by atoms with Crippen molar-refractivity contribution >= 4 is 6.08 Å². The van der Waals surface area contributed by atoms with E-state index in [9.17, 15) is 5.11 Å². The van der Waals surface area contributed by atoms with E-state index in [0.29, 0.717) is 6.54 Å². The van der Waals surface area contributed by atoms with E-state index in [0.717, 1.165) is 38.1 Å². The Kier molecular flexibility index (Phi) is 5.17. The number of aliphatic hydroxyl groups is 1. The molecule has 1 fully saturated rings. The monoisotopic (exact) mass is 259 g/mol. The van der Waals surface area contributed by atoms with E-state index in [1.165, 1.54) is 5.56 Å². The highest BCUT2D eigenvalue weighted by atomic mass is 16.3. The van der Waals surface area contributed by atoms with Crippen molar-refractivity contribution in [2.45, 2.75) is 38.2 Å². The lowest BCUT2D eigenvalue weighted by atomic mass is 9.79. The Morgan fingerprint density at radius 2 is 1.95 bits per heavy atom. The van der Waals surface area contributed by atoms with Crippen LogP contribution in [0, 0.1) is 5.92 Å². The Labute approximate surface area is 116 Å². The molecule has 0 unspecified atom stereocenters. The average Bonchev–Trinajstić information content (AvgIpc) is 2.43. The van der Waals surface area contributed by atoms with Crippen molar-refractivity contribution in [1.82, 2.24) is 5.32 Å². The Morgan fingerprint density at radius 1 is 1.26 bits per heavy atom. The van der Waals surface area contributed by atoms with Gasteiger partial charge in [0.1, 0.15) is 0 Å². The molecule has 2 nitrogen and oxygen atoms in total. The van der Waals surface area contributed by atoms with Gasteiger partial charge in [0.25, 0.3) is 0 Å². The molecule has 0 amide bonds. The maximum absolute atomic E-state index is 10.4. The molecule has 0 spiro atoms. The molecule has 0 radical (unpaired) electrons. The molecule has 1 aromatic carbocycles. The minimum absolute atomic E-state index is 0.479. The lowest BCUT2D eigenvalue weighted by Crippen LogP contribution is -2.43. The first-order valence-corrected chi connectivity index (χ1v) is 7.33. The van der Waals surface area contributed by atoms with E-state index >= 15 is 0 Å². The van der Waals surface area contributed by atoms with Gasteiger partial charge in [-0.1, -0.05) is 49.4 Å². The fourth-order valence-electron chi connectivity index (χ4n) is 2.62. The summed E-state index contributed by atoms with van der Waals surface area (Å²) in [5.74, 6) is 0.776. The highest BCUT2D eigenvalue weighted by molar-refractivity contribution is 5.48. The quantitative estimate of drug-likeness (QED) is 0.796. The predicted octanol–water partition coefficient (Wildman–Crippen LogP) is 3.23. The third kappa shape index (κ3) is 4.81. The molecular formula is C17H25NO. The van der Waals surface area contributed by atoms with Gasteiger partial charge in [-0.2, -0.15) is 0 Å². The van der Waals surface area contributed by atoms with Gasteiger partial charge < -0.3 is 10.4 Å². The van der Waals surface area contributed by atoms with Crippen LogP contribution in [0.15, 0.2) is 36.4 Å². The first kappa shape index (κ1) is 14.3. The summed E-state index contributed by atoms with van der Waals surface area (Å²) in [6.07, 6.45) is 8.40. The van der Waals surface area contributed by atoms with Crippen LogP contribution >= 0.6 is 0 Å². The molecule has 0 saturated heterocycles. The maximum atomic E-state index is 10.4. The van der Waals surface area contributed by atoms with Gasteiger partial charge in [0, 0.05) is 13.1 Å². The fraction of sp³-hybridized carbons (Fsp3) is 0.529. The first-order valence-electron chi connectivity index (χ1n) is 7.33. The van der Waals surface area contributed by atoms with E-state index in [1.807, 2.05) is 18.2 Å². The van der Waals surface area contributed by atoms with Crippen LogP contribution in [0.4, 0.5) is 0 Å². The van der Waals surface area contributed by atoms with Crippen LogP contribution in [0.3, 0.4) is 0 Å². The number of hydrogen-bond donors (Lipinski definition) is 2. The van der Waals surface area contributed by atoms with E-state index in [2.05, 4.69) is 36.5 Å². The van der Waals surface area contributed by atoms with Crippen molar-refractivity contribution < 1.29 is 5.11 Å². The maximum Gasteiger partial charge on any atom is 0.0771 e. The molecule has 19 heavy (non-hydrogen) atoms. The Morgan fingerprint density at radius 3 is 2.63 bits per heavy atom. The fourth-order valence-corrected chi connectivity index (χ4v) is 2.62. The van der Waals surface area contributed by atoms with Crippen LogP contribution in [0.5, 0.6) is 0 Å². The summed E-state index contributed by atoms with van der Waals surface area (Å²) in [6, 6.07) is 10.3. The molecule has 0 atom stereocenters. The average molecular weight is 259 g/mol. The van der Waals surface area contributed by atoms with Crippen LogP contribution in [-0.2, 0) is 0 Å². The molecule has 0 aromatic heterocycles. The summed E-state index contributed by atoms with van der Waals surface area (Å²) in [4.78, 5) is 0. The normalized spacial score (nSPS) is 27.8. The summed E-state index contributed by atoms with van der Waals surface area (Å²) in [5, 5.41) is 13.8. The van der Waals surface area contributed by atoms with Crippen LogP contribution in [-0.4, -0.2) is 23.8 Å². The smallest absolute Gasteiger partial charge is 0.0771 e. The highest BCUT2D eigenvalue weighted by Crippen LogP contribution is 2.31. The van der Waals surface area contributed by atoms with Crippen LogP contribution in [0.25, 0.3) is 6.08 Å². The van der Waals surface area contributed by atoms with E-state index in [-0.39, 0.29) is 0 Å². The van der Waals surface area contributed by atoms with Crippen molar-refractivity contribution in [3.63, 3.8) is 0 Å². The summed E-state index contributed by atoms with van der Waals surface area (Å²) >= 11 is 0. The molecule has 2 rings (SSSR count). The highest BCUT2D eigenvalue weighted by Gasteiger charge is 2.30. The second-order valence-corrected chi connectivity index (χ2v) is 5.85. The van der Waals surface area contributed by atoms with Crippen molar-refractivity contribution in [3.8, 4) is 0 Å². The summed E-state index contributed by atoms with van der Waals surface area (Å²) in [7, 11) is 0. The molecule has 104 valence electrons. The van der Waals surface area contributed by atoms with E-state index in [4.69, 9.17) is 0 Å². The predicted molar refractivity (Wildman–Crippen MR) is 80.9 cm³/mol. The van der Waals surface area contributed by atoms with E-state index < -0.39 is 5.60 Å². The SMILES string of the molecule is CC1CCC(O)(CNCC=Cc2ccccc2)CC1. The molecule has 0 bridgehead atoms. The Hall–Kier alpha value is -1.12. The second-order valence-electron chi connectivity index (χ2n) is 5.85. The van der Waals surface area contributed by atoms with Gasteiger partial charge in [0.2, 0.25) is 0 Å². The van der Waals surface area contributed by atoms with Crippen LogP contribution < -0.4 is 5.32 Å². The lowest BCUT2D eigenvalue weighted by molar-refractivity contribution is -0.00529. The molecule has 2 N–H and O–H groups in total. The molecular weight excluding hydrogens is 234 g/mol. The minimum Gasteiger partial charge on any atom is -0.389 e. The van der Waals surface area contributed by atoms with Gasteiger partial charge >= 0.3 is 0 Å². The van der Waals surface area contributed by atoms with Gasteiger partial charge in [0.15, 0.2) is 0 Å². The molecule has 1 aliphatic rings. The first-order chi connectivity index (χ1) is 9.18. The van der Waals surface area contributed by atoms with Gasteiger partial charge in [0.05, 0.1) is 5.60 Å². The standard InChI is InChI=1S/C17H25NO/c1-15-9-11-17(19,12-10-15)14-18-13-5-8-16-6-3-2-4-7-16/h2-8,15,18-19H,9-14H2,1H3. The molecule has 0 heterocycles. The number of rotatable bonds is 5. The largest absolute Gasteiger partial charge is 0.389 e. The number of nitrogens with one attached hydrogen (secondary N) is 1. The number of hydrogen-bond acceptors (Lipinski definition) is 2. The molecule has 1 aromatic rings. The van der Waals surface area contributed by atoms with Crippen molar-refractivity contribution in [3.05, 3.63) is 42.0 Å². The molecule has 2 heteroatoms. The third-order valence-electron chi connectivity index (χ3n) is 4.03. The summed E-state index contributed by atoms with van der Waals surface area (Å²) < 4.78 is 0. The lowest BCUT2D eigenvalue weighted by Gasteiger charge is -2.35. The second kappa shape index (κ2) is 6.88. The van der Waals surface area contributed by atoms with Gasteiger partial charge in [-0.3, -0.25) is 0 Å². The van der Waals surface area contributed by atoms with Crippen LogP contribution in [0.2, 0.25) is 0 Å². The van der Waals surface area contributed by atoms with Gasteiger partial charge in [-0.25, -0.2) is 0 Å². The zero-order valence-corrected chi connectivity index (χ0v) is 11.8. The number of benzene rings is 1. The zero-order valence-electron chi connectivity index (χ0n) is 11.8. The van der Waals surface area contributed by atoms with Crippen molar-refractivity contribution in [1.29, 1.82) is 0 Å². The topological polar surface area (TPSA) is 32.3 Å². The van der Waals surface area contributed by atoms with E-state index in [1.54, 1.807) is 0 Å². The molecule has 1 saturated carbocycles. The Bertz CT molecular complexity index is 391. The van der Waals surface area contributed by atoms with Crippen molar-refractivity contribution in [2.24, 2.45) is 5.92 Å². The van der Waals surface area contributed by atoms with Gasteiger partial charge in [-0.15, -0.1) is 0 Å². The van der Waals surface area contributed by atoms with Crippen LogP contribution in [0.1, 0.15) is 38.2 Å². The zero-order chi connectivity index (χ0) is 13.6. The summed E-state index contributed by atoms with van der Waals surface area (Å²) in [5.41, 5.74) is 0.738. The third-order valence-corrected chi connectivity index (χ3v) is 4.03. The minimum atomic E-state index is -0.479. The van der Waals surface area contributed by atoms with Gasteiger partial charge in [-0.05, 0) is 37.2 Å². The summed E-state index contributed by atoms with van der Waals surface area (Å²) in [6.45, 7) is 3.79. The molecule has 1 aliphatic carbocycles.